The second kappa shape index (κ2) is 7.62. The van der Waals surface area contributed by atoms with E-state index in [2.05, 4.69) is 31.4 Å². The molecular weight excluding hydrogens is 320 g/mol. The average molecular weight is 344 g/mol. The standard InChI is InChI=1S/C19H24N2O2S/c1-13(17(22)20-12-16-6-5-11-24-16)21-18(23)14-7-9-15(10-8-14)19(2,3)4/h5-11,13H,12H2,1-4H3,(H,20,22)(H,21,23). The number of benzene rings is 1. The van der Waals surface area contributed by atoms with E-state index in [1.54, 1.807) is 30.4 Å². The molecule has 1 atom stereocenters. The van der Waals surface area contributed by atoms with Crippen molar-refractivity contribution in [2.45, 2.75) is 45.7 Å². The maximum atomic E-state index is 12.3. The highest BCUT2D eigenvalue weighted by molar-refractivity contribution is 7.09. The molecule has 0 radical (unpaired) electrons. The summed E-state index contributed by atoms with van der Waals surface area (Å²) in [6.07, 6.45) is 0. The van der Waals surface area contributed by atoms with E-state index in [9.17, 15) is 9.59 Å². The molecule has 0 fully saturated rings. The molecule has 2 aromatic rings. The molecule has 0 saturated heterocycles. The van der Waals surface area contributed by atoms with E-state index in [4.69, 9.17) is 0 Å². The Balaban J connectivity index is 1.89. The van der Waals surface area contributed by atoms with Crippen molar-refractivity contribution in [2.75, 3.05) is 0 Å². The summed E-state index contributed by atoms with van der Waals surface area (Å²) in [6, 6.07) is 10.8. The molecule has 1 aromatic heterocycles. The van der Waals surface area contributed by atoms with Crippen LogP contribution in [0.2, 0.25) is 0 Å². The topological polar surface area (TPSA) is 58.2 Å². The van der Waals surface area contributed by atoms with Gasteiger partial charge in [-0.15, -0.1) is 11.3 Å². The number of thiophene rings is 1. The van der Waals surface area contributed by atoms with Crippen molar-refractivity contribution in [1.82, 2.24) is 10.6 Å². The molecule has 0 saturated carbocycles. The first-order valence-corrected chi connectivity index (χ1v) is 8.87. The summed E-state index contributed by atoms with van der Waals surface area (Å²) >= 11 is 1.59. The van der Waals surface area contributed by atoms with Crippen LogP contribution in [0.15, 0.2) is 41.8 Å². The maximum Gasteiger partial charge on any atom is 0.251 e. The van der Waals surface area contributed by atoms with Crippen molar-refractivity contribution in [3.05, 3.63) is 57.8 Å². The van der Waals surface area contributed by atoms with Gasteiger partial charge in [0.25, 0.3) is 5.91 Å². The molecule has 4 nitrogen and oxygen atoms in total. The molecule has 0 aliphatic rings. The highest BCUT2D eigenvalue weighted by atomic mass is 32.1. The summed E-state index contributed by atoms with van der Waals surface area (Å²) < 4.78 is 0. The van der Waals surface area contributed by atoms with Crippen molar-refractivity contribution in [2.24, 2.45) is 0 Å². The van der Waals surface area contributed by atoms with Crippen molar-refractivity contribution >= 4 is 23.2 Å². The Morgan fingerprint density at radius 1 is 1.12 bits per heavy atom. The lowest BCUT2D eigenvalue weighted by Gasteiger charge is -2.19. The molecule has 5 heteroatoms. The molecule has 0 spiro atoms. The van der Waals surface area contributed by atoms with E-state index in [1.165, 1.54) is 5.56 Å². The van der Waals surface area contributed by atoms with E-state index in [0.717, 1.165) is 4.88 Å². The lowest BCUT2D eigenvalue weighted by Crippen LogP contribution is -2.44. The predicted molar refractivity (Wildman–Crippen MR) is 98.2 cm³/mol. The van der Waals surface area contributed by atoms with Crippen LogP contribution < -0.4 is 10.6 Å². The van der Waals surface area contributed by atoms with Crippen LogP contribution >= 0.6 is 11.3 Å². The lowest BCUT2D eigenvalue weighted by molar-refractivity contribution is -0.122. The van der Waals surface area contributed by atoms with Crippen LogP contribution in [0, 0.1) is 0 Å². The third-order valence-electron chi connectivity index (χ3n) is 3.77. The first-order valence-electron chi connectivity index (χ1n) is 7.99. The number of nitrogens with one attached hydrogen (secondary N) is 2. The number of hydrogen-bond acceptors (Lipinski definition) is 3. The van der Waals surface area contributed by atoms with E-state index in [1.807, 2.05) is 29.6 Å². The largest absolute Gasteiger partial charge is 0.349 e. The SMILES string of the molecule is CC(NC(=O)c1ccc(C(C)(C)C)cc1)C(=O)NCc1cccs1. The van der Waals surface area contributed by atoms with Gasteiger partial charge >= 0.3 is 0 Å². The Kier molecular flexibility index (Phi) is 5.78. The van der Waals surface area contributed by atoms with Gasteiger partial charge in [-0.1, -0.05) is 39.0 Å². The van der Waals surface area contributed by atoms with Crippen LogP contribution in [0.1, 0.15) is 48.5 Å². The fourth-order valence-corrected chi connectivity index (χ4v) is 2.85. The zero-order chi connectivity index (χ0) is 17.7. The van der Waals surface area contributed by atoms with Crippen LogP contribution in [0.5, 0.6) is 0 Å². The second-order valence-electron chi connectivity index (χ2n) is 6.82. The molecule has 1 aromatic carbocycles. The van der Waals surface area contributed by atoms with Gasteiger partial charge in [0.15, 0.2) is 0 Å². The van der Waals surface area contributed by atoms with E-state index < -0.39 is 6.04 Å². The van der Waals surface area contributed by atoms with Crippen molar-refractivity contribution in [3.63, 3.8) is 0 Å². The molecule has 0 aliphatic heterocycles. The quantitative estimate of drug-likeness (QED) is 0.872. The van der Waals surface area contributed by atoms with Crippen molar-refractivity contribution in [1.29, 1.82) is 0 Å². The molecular formula is C19H24N2O2S. The summed E-state index contributed by atoms with van der Waals surface area (Å²) in [4.78, 5) is 25.4. The Hall–Kier alpha value is -2.14. The predicted octanol–water partition coefficient (Wildman–Crippen LogP) is 3.48. The van der Waals surface area contributed by atoms with Gasteiger partial charge in [-0.05, 0) is 41.5 Å². The van der Waals surface area contributed by atoms with Crippen LogP contribution in [0.3, 0.4) is 0 Å². The van der Waals surface area contributed by atoms with Gasteiger partial charge in [-0.25, -0.2) is 0 Å². The van der Waals surface area contributed by atoms with E-state index >= 15 is 0 Å². The number of rotatable bonds is 5. The van der Waals surface area contributed by atoms with Crippen molar-refractivity contribution < 1.29 is 9.59 Å². The highest BCUT2D eigenvalue weighted by Crippen LogP contribution is 2.22. The summed E-state index contributed by atoms with van der Waals surface area (Å²) in [7, 11) is 0. The summed E-state index contributed by atoms with van der Waals surface area (Å²) in [6.45, 7) is 8.55. The smallest absolute Gasteiger partial charge is 0.251 e. The first kappa shape index (κ1) is 18.2. The van der Waals surface area contributed by atoms with Crippen LogP contribution in [-0.2, 0) is 16.8 Å². The normalized spacial score (nSPS) is 12.5. The number of amides is 2. The minimum Gasteiger partial charge on any atom is -0.349 e. The lowest BCUT2D eigenvalue weighted by atomic mass is 9.86. The van der Waals surface area contributed by atoms with Crippen LogP contribution in [0.25, 0.3) is 0 Å². The number of hydrogen-bond donors (Lipinski definition) is 2. The van der Waals surface area contributed by atoms with Gasteiger partial charge in [0.05, 0.1) is 6.54 Å². The Morgan fingerprint density at radius 2 is 1.79 bits per heavy atom. The average Bonchev–Trinajstić information content (AvgIpc) is 3.05. The minimum atomic E-state index is -0.584. The maximum absolute atomic E-state index is 12.3. The van der Waals surface area contributed by atoms with Gasteiger partial charge in [0.1, 0.15) is 6.04 Å². The highest BCUT2D eigenvalue weighted by Gasteiger charge is 2.18. The molecule has 2 rings (SSSR count). The Labute approximate surface area is 147 Å². The fourth-order valence-electron chi connectivity index (χ4n) is 2.21. The molecule has 1 unspecified atom stereocenters. The van der Waals surface area contributed by atoms with Gasteiger partial charge in [0.2, 0.25) is 5.91 Å². The van der Waals surface area contributed by atoms with Crippen LogP contribution in [0.4, 0.5) is 0 Å². The van der Waals surface area contributed by atoms with Gasteiger partial charge in [-0.2, -0.15) is 0 Å². The molecule has 0 bridgehead atoms. The monoisotopic (exact) mass is 344 g/mol. The third kappa shape index (κ3) is 4.93. The number of carbonyl (C=O) groups is 2. The first-order chi connectivity index (χ1) is 11.3. The molecule has 128 valence electrons. The van der Waals surface area contributed by atoms with Gasteiger partial charge in [-0.3, -0.25) is 9.59 Å². The number of carbonyl (C=O) groups excluding carboxylic acids is 2. The summed E-state index contributed by atoms with van der Waals surface area (Å²) in [5.41, 5.74) is 1.77. The Morgan fingerprint density at radius 3 is 2.33 bits per heavy atom. The van der Waals surface area contributed by atoms with Gasteiger partial charge in [0, 0.05) is 10.4 Å². The zero-order valence-corrected chi connectivity index (χ0v) is 15.4. The molecule has 2 amide bonds. The zero-order valence-electron chi connectivity index (χ0n) is 14.6. The summed E-state index contributed by atoms with van der Waals surface area (Å²) in [5.74, 6) is -0.433. The Bertz CT molecular complexity index is 685. The fraction of sp³-hybridized carbons (Fsp3) is 0.368. The van der Waals surface area contributed by atoms with Crippen LogP contribution in [-0.4, -0.2) is 17.9 Å². The minimum absolute atomic E-state index is 0.0456. The summed E-state index contributed by atoms with van der Waals surface area (Å²) in [5, 5.41) is 7.53. The molecule has 2 N–H and O–H groups in total. The second-order valence-corrected chi connectivity index (χ2v) is 7.85. The molecule has 24 heavy (non-hydrogen) atoms. The third-order valence-corrected chi connectivity index (χ3v) is 4.65. The molecule has 1 heterocycles. The van der Waals surface area contributed by atoms with E-state index in [0.29, 0.717) is 12.1 Å². The van der Waals surface area contributed by atoms with Gasteiger partial charge < -0.3 is 10.6 Å². The van der Waals surface area contributed by atoms with E-state index in [-0.39, 0.29) is 17.2 Å². The van der Waals surface area contributed by atoms with Crippen molar-refractivity contribution in [3.8, 4) is 0 Å². The molecule has 0 aliphatic carbocycles.